The summed E-state index contributed by atoms with van der Waals surface area (Å²) in [5.74, 6) is 0.494. The average molecular weight is 385 g/mol. The summed E-state index contributed by atoms with van der Waals surface area (Å²) in [6.45, 7) is 8.17. The van der Waals surface area contributed by atoms with Crippen LogP contribution in [0.4, 0.5) is 0 Å². The highest BCUT2D eigenvalue weighted by Gasteiger charge is 2.30. The zero-order chi connectivity index (χ0) is 19.6. The van der Waals surface area contributed by atoms with Gasteiger partial charge in [-0.1, -0.05) is 38.1 Å². The van der Waals surface area contributed by atoms with E-state index in [1.54, 1.807) is 23.1 Å². The highest BCUT2D eigenvalue weighted by molar-refractivity contribution is 7.10. The van der Waals surface area contributed by atoms with E-state index >= 15 is 0 Å². The molecule has 1 unspecified atom stereocenters. The third kappa shape index (κ3) is 4.03. The van der Waals surface area contributed by atoms with Crippen molar-refractivity contribution in [1.82, 2.24) is 20.3 Å². The summed E-state index contributed by atoms with van der Waals surface area (Å²) in [6, 6.07) is 11.4. The minimum atomic E-state index is -0.227. The predicted octanol–water partition coefficient (Wildman–Crippen LogP) is 4.16. The predicted molar refractivity (Wildman–Crippen MR) is 107 cm³/mol. The first-order valence-electron chi connectivity index (χ1n) is 8.72. The summed E-state index contributed by atoms with van der Waals surface area (Å²) in [5.41, 5.74) is 1.67. The molecule has 7 heteroatoms. The van der Waals surface area contributed by atoms with Crippen LogP contribution >= 0.6 is 11.3 Å². The third-order valence-corrected chi connectivity index (χ3v) is 5.31. The van der Waals surface area contributed by atoms with Gasteiger partial charge in [0.15, 0.2) is 5.69 Å². The van der Waals surface area contributed by atoms with Crippen LogP contribution in [0.3, 0.4) is 0 Å². The van der Waals surface area contributed by atoms with E-state index in [0.717, 1.165) is 16.3 Å². The smallest absolute Gasteiger partial charge is 0.274 e. The third-order valence-electron chi connectivity index (χ3n) is 4.38. The normalized spacial score (nSPS) is 12.6. The number of benzene rings is 1. The monoisotopic (exact) mass is 384 g/mol. The van der Waals surface area contributed by atoms with Crippen LogP contribution < -0.4 is 10.1 Å². The molecular formula is C20H24N4O2S. The zero-order valence-electron chi connectivity index (χ0n) is 16.2. The molecule has 3 rings (SSSR count). The molecule has 1 N–H and O–H groups in total. The highest BCUT2D eigenvalue weighted by Crippen LogP contribution is 2.35. The second-order valence-electron chi connectivity index (χ2n) is 7.42. The number of nitrogens with zero attached hydrogens (tertiary/aromatic N) is 3. The molecule has 0 aliphatic rings. The molecule has 0 radical (unpaired) electrons. The quantitative estimate of drug-likeness (QED) is 0.717. The lowest BCUT2D eigenvalue weighted by atomic mass is 9.85. The standard InChI is InChI=1S/C20H24N4O2S/c1-13-17(22-23-24(13)14-8-6-9-15(12-14)26-5)19(25)21-18(20(2,3)4)16-10-7-11-27-16/h6-12,18H,1-5H3,(H,21,25). The van der Waals surface area contributed by atoms with Crippen molar-refractivity contribution in [2.45, 2.75) is 33.7 Å². The maximum atomic E-state index is 12.9. The zero-order valence-corrected chi connectivity index (χ0v) is 17.0. The number of methoxy groups -OCH3 is 1. The number of hydrogen-bond acceptors (Lipinski definition) is 5. The lowest BCUT2D eigenvalue weighted by molar-refractivity contribution is 0.0897. The molecule has 0 saturated heterocycles. The Morgan fingerprint density at radius 2 is 2.04 bits per heavy atom. The van der Waals surface area contributed by atoms with Gasteiger partial charge in [-0.05, 0) is 35.9 Å². The Hall–Kier alpha value is -2.67. The van der Waals surface area contributed by atoms with Crippen molar-refractivity contribution < 1.29 is 9.53 Å². The Labute approximate surface area is 163 Å². The first-order valence-corrected chi connectivity index (χ1v) is 9.60. The van der Waals surface area contributed by atoms with Crippen LogP contribution in [-0.2, 0) is 0 Å². The molecular weight excluding hydrogens is 360 g/mol. The van der Waals surface area contributed by atoms with Crippen molar-refractivity contribution in [3.8, 4) is 11.4 Å². The molecule has 1 aromatic carbocycles. The second-order valence-corrected chi connectivity index (χ2v) is 8.40. The molecule has 27 heavy (non-hydrogen) atoms. The Bertz CT molecular complexity index is 926. The van der Waals surface area contributed by atoms with E-state index in [4.69, 9.17) is 4.74 Å². The van der Waals surface area contributed by atoms with Crippen LogP contribution in [0.15, 0.2) is 41.8 Å². The number of thiophene rings is 1. The molecule has 1 atom stereocenters. The average Bonchev–Trinajstić information content (AvgIpc) is 3.28. The lowest BCUT2D eigenvalue weighted by Gasteiger charge is -2.30. The molecule has 1 amide bonds. The largest absolute Gasteiger partial charge is 0.497 e. The van der Waals surface area contributed by atoms with Crippen LogP contribution in [0.25, 0.3) is 5.69 Å². The summed E-state index contributed by atoms with van der Waals surface area (Å²) < 4.78 is 6.91. The number of rotatable bonds is 5. The number of carbonyl (C=O) groups is 1. The SMILES string of the molecule is COc1cccc(-n2nnc(C(=O)NC(c3cccs3)C(C)(C)C)c2C)c1. The Balaban J connectivity index is 1.88. The van der Waals surface area contributed by atoms with Gasteiger partial charge in [0.05, 0.1) is 24.5 Å². The van der Waals surface area contributed by atoms with Crippen LogP contribution in [0.1, 0.15) is 47.9 Å². The first kappa shape index (κ1) is 19.1. The fourth-order valence-electron chi connectivity index (χ4n) is 2.90. The van der Waals surface area contributed by atoms with Gasteiger partial charge in [0, 0.05) is 10.9 Å². The Kier molecular flexibility index (Phi) is 5.32. The van der Waals surface area contributed by atoms with Gasteiger partial charge in [0.2, 0.25) is 0 Å². The number of ether oxygens (including phenoxy) is 1. The van der Waals surface area contributed by atoms with Crippen molar-refractivity contribution in [2.75, 3.05) is 7.11 Å². The summed E-state index contributed by atoms with van der Waals surface area (Å²) in [7, 11) is 1.61. The molecule has 2 aromatic heterocycles. The van der Waals surface area contributed by atoms with Crippen molar-refractivity contribution in [3.05, 3.63) is 58.0 Å². The minimum Gasteiger partial charge on any atom is -0.497 e. The van der Waals surface area contributed by atoms with E-state index in [1.807, 2.05) is 48.7 Å². The summed E-state index contributed by atoms with van der Waals surface area (Å²) >= 11 is 1.64. The van der Waals surface area contributed by atoms with Crippen LogP contribution in [0.5, 0.6) is 5.75 Å². The molecule has 0 spiro atoms. The molecule has 0 saturated carbocycles. The molecule has 3 aromatic rings. The van der Waals surface area contributed by atoms with Gasteiger partial charge < -0.3 is 10.1 Å². The van der Waals surface area contributed by atoms with Crippen molar-refractivity contribution in [1.29, 1.82) is 0 Å². The van der Waals surface area contributed by atoms with Crippen LogP contribution in [0, 0.1) is 12.3 Å². The van der Waals surface area contributed by atoms with E-state index in [2.05, 4.69) is 36.4 Å². The second kappa shape index (κ2) is 7.52. The maximum absolute atomic E-state index is 12.9. The van der Waals surface area contributed by atoms with Crippen LogP contribution in [0.2, 0.25) is 0 Å². The van der Waals surface area contributed by atoms with Gasteiger partial charge in [-0.2, -0.15) is 0 Å². The van der Waals surface area contributed by atoms with E-state index in [9.17, 15) is 4.79 Å². The Morgan fingerprint density at radius 3 is 2.67 bits per heavy atom. The van der Waals surface area contributed by atoms with E-state index < -0.39 is 0 Å². The molecule has 6 nitrogen and oxygen atoms in total. The number of nitrogens with one attached hydrogen (secondary N) is 1. The van der Waals surface area contributed by atoms with Gasteiger partial charge in [0.25, 0.3) is 5.91 Å². The Morgan fingerprint density at radius 1 is 1.26 bits per heavy atom. The number of carbonyl (C=O) groups excluding carboxylic acids is 1. The van der Waals surface area contributed by atoms with Crippen molar-refractivity contribution >= 4 is 17.2 Å². The molecule has 142 valence electrons. The summed E-state index contributed by atoms with van der Waals surface area (Å²) in [5, 5.41) is 13.4. The first-order chi connectivity index (χ1) is 12.8. The van der Waals surface area contributed by atoms with Crippen molar-refractivity contribution in [3.63, 3.8) is 0 Å². The van der Waals surface area contributed by atoms with Crippen LogP contribution in [-0.4, -0.2) is 28.0 Å². The number of hydrogen-bond donors (Lipinski definition) is 1. The molecule has 0 bridgehead atoms. The topological polar surface area (TPSA) is 69.0 Å². The molecule has 0 fully saturated rings. The lowest BCUT2D eigenvalue weighted by Crippen LogP contribution is -2.36. The van der Waals surface area contributed by atoms with E-state index in [-0.39, 0.29) is 17.4 Å². The molecule has 0 aliphatic heterocycles. The fraction of sp³-hybridized carbons (Fsp3) is 0.350. The highest BCUT2D eigenvalue weighted by atomic mass is 32.1. The van der Waals surface area contributed by atoms with Gasteiger partial charge in [-0.25, -0.2) is 4.68 Å². The summed E-state index contributed by atoms with van der Waals surface area (Å²) in [4.78, 5) is 14.1. The minimum absolute atomic E-state index is 0.105. The van der Waals surface area contributed by atoms with Gasteiger partial charge in [-0.15, -0.1) is 16.4 Å². The number of aromatic nitrogens is 3. The van der Waals surface area contributed by atoms with E-state index in [0.29, 0.717) is 11.4 Å². The fourth-order valence-corrected chi connectivity index (χ4v) is 3.92. The molecule has 2 heterocycles. The van der Waals surface area contributed by atoms with Gasteiger partial charge in [0.1, 0.15) is 5.75 Å². The summed E-state index contributed by atoms with van der Waals surface area (Å²) in [6.07, 6.45) is 0. The maximum Gasteiger partial charge on any atom is 0.274 e. The number of amides is 1. The van der Waals surface area contributed by atoms with E-state index in [1.165, 1.54) is 0 Å². The van der Waals surface area contributed by atoms with Gasteiger partial charge in [-0.3, -0.25) is 4.79 Å². The van der Waals surface area contributed by atoms with Crippen molar-refractivity contribution in [2.24, 2.45) is 5.41 Å². The van der Waals surface area contributed by atoms with Gasteiger partial charge >= 0.3 is 0 Å². The molecule has 0 aliphatic carbocycles.